The Kier molecular flexibility index (Phi) is 6.19. The number of hydrogen-bond acceptors (Lipinski definition) is 3. The number of nitrogens with zero attached hydrogens (tertiary/aromatic N) is 1. The summed E-state index contributed by atoms with van der Waals surface area (Å²) in [6.07, 6.45) is 3.95. The van der Waals surface area contributed by atoms with Crippen molar-refractivity contribution >= 4 is 11.6 Å². The first-order valence-corrected chi connectivity index (χ1v) is 5.94. The zero-order valence-electron chi connectivity index (χ0n) is 9.83. The molecule has 1 heterocycles. The Morgan fingerprint density at radius 2 is 2.12 bits per heavy atom. The topological polar surface area (TPSA) is 31.4 Å². The van der Waals surface area contributed by atoms with E-state index in [2.05, 4.69) is 11.9 Å². The third kappa shape index (κ3) is 4.81. The fourth-order valence-corrected chi connectivity index (χ4v) is 1.34. The lowest BCUT2D eigenvalue weighted by molar-refractivity contribution is 0.0978. The van der Waals surface area contributed by atoms with Crippen molar-refractivity contribution in [2.24, 2.45) is 0 Å². The van der Waals surface area contributed by atoms with E-state index in [0.29, 0.717) is 18.4 Å². The SMILES string of the molecule is CCCCOCCOc1cc(Cl)ncc1C. The van der Waals surface area contributed by atoms with Crippen LogP contribution in [0.4, 0.5) is 0 Å². The second-order valence-electron chi connectivity index (χ2n) is 3.59. The van der Waals surface area contributed by atoms with Gasteiger partial charge in [0.2, 0.25) is 0 Å². The highest BCUT2D eigenvalue weighted by atomic mass is 35.5. The molecule has 1 aromatic rings. The number of halogens is 1. The summed E-state index contributed by atoms with van der Waals surface area (Å²) in [7, 11) is 0. The van der Waals surface area contributed by atoms with E-state index in [0.717, 1.165) is 30.8 Å². The summed E-state index contributed by atoms with van der Waals surface area (Å²) in [4.78, 5) is 3.96. The normalized spacial score (nSPS) is 10.4. The molecule has 0 N–H and O–H groups in total. The third-order valence-electron chi connectivity index (χ3n) is 2.15. The largest absolute Gasteiger partial charge is 0.491 e. The van der Waals surface area contributed by atoms with E-state index in [4.69, 9.17) is 21.1 Å². The number of unbranched alkanes of at least 4 members (excludes halogenated alkanes) is 1. The molecule has 90 valence electrons. The van der Waals surface area contributed by atoms with Crippen molar-refractivity contribution < 1.29 is 9.47 Å². The molecule has 0 spiro atoms. The first-order chi connectivity index (χ1) is 7.74. The molecule has 0 aliphatic rings. The first kappa shape index (κ1) is 13.3. The Morgan fingerprint density at radius 1 is 1.31 bits per heavy atom. The number of rotatable bonds is 7. The number of aromatic nitrogens is 1. The van der Waals surface area contributed by atoms with E-state index in [1.165, 1.54) is 0 Å². The van der Waals surface area contributed by atoms with Crippen molar-refractivity contribution in [3.63, 3.8) is 0 Å². The van der Waals surface area contributed by atoms with Gasteiger partial charge in [-0.1, -0.05) is 24.9 Å². The Labute approximate surface area is 102 Å². The van der Waals surface area contributed by atoms with E-state index in [1.807, 2.05) is 6.92 Å². The number of pyridine rings is 1. The van der Waals surface area contributed by atoms with E-state index >= 15 is 0 Å². The van der Waals surface area contributed by atoms with Crippen LogP contribution in [-0.4, -0.2) is 24.8 Å². The molecule has 0 bridgehead atoms. The Bertz CT molecular complexity index is 318. The van der Waals surface area contributed by atoms with E-state index < -0.39 is 0 Å². The van der Waals surface area contributed by atoms with Crippen molar-refractivity contribution in [3.8, 4) is 5.75 Å². The van der Waals surface area contributed by atoms with Crippen LogP contribution < -0.4 is 4.74 Å². The molecule has 0 saturated carbocycles. The van der Waals surface area contributed by atoms with Gasteiger partial charge in [-0.25, -0.2) is 4.98 Å². The number of ether oxygens (including phenoxy) is 2. The van der Waals surface area contributed by atoms with Crippen LogP contribution in [0.1, 0.15) is 25.3 Å². The molecule has 0 radical (unpaired) electrons. The molecule has 0 aromatic carbocycles. The smallest absolute Gasteiger partial charge is 0.132 e. The second kappa shape index (κ2) is 7.47. The molecule has 4 heteroatoms. The molecule has 0 saturated heterocycles. The Morgan fingerprint density at radius 3 is 2.88 bits per heavy atom. The van der Waals surface area contributed by atoms with Gasteiger partial charge in [-0.2, -0.15) is 0 Å². The summed E-state index contributed by atoms with van der Waals surface area (Å²) in [5, 5.41) is 0.451. The molecule has 16 heavy (non-hydrogen) atoms. The average molecular weight is 244 g/mol. The highest BCUT2D eigenvalue weighted by molar-refractivity contribution is 6.29. The summed E-state index contributed by atoms with van der Waals surface area (Å²) < 4.78 is 10.9. The van der Waals surface area contributed by atoms with Gasteiger partial charge in [0.05, 0.1) is 6.61 Å². The van der Waals surface area contributed by atoms with Gasteiger partial charge in [0.1, 0.15) is 17.5 Å². The maximum absolute atomic E-state index is 5.78. The third-order valence-corrected chi connectivity index (χ3v) is 2.35. The molecule has 0 fully saturated rings. The molecular formula is C12H18ClNO2. The minimum atomic E-state index is 0.451. The molecule has 0 aliphatic carbocycles. The summed E-state index contributed by atoms with van der Waals surface area (Å²) in [6, 6.07) is 1.73. The van der Waals surface area contributed by atoms with E-state index in [1.54, 1.807) is 12.3 Å². The maximum Gasteiger partial charge on any atom is 0.132 e. The van der Waals surface area contributed by atoms with Crippen LogP contribution >= 0.6 is 11.6 Å². The van der Waals surface area contributed by atoms with Crippen LogP contribution in [0, 0.1) is 6.92 Å². The maximum atomic E-state index is 5.78. The summed E-state index contributed by atoms with van der Waals surface area (Å²) in [6.45, 7) is 6.04. The lowest BCUT2D eigenvalue weighted by Crippen LogP contribution is -2.08. The lowest BCUT2D eigenvalue weighted by Gasteiger charge is -2.09. The monoisotopic (exact) mass is 243 g/mol. The average Bonchev–Trinajstić information content (AvgIpc) is 2.28. The van der Waals surface area contributed by atoms with Crippen LogP contribution in [0.2, 0.25) is 5.15 Å². The summed E-state index contributed by atoms with van der Waals surface area (Å²) in [5.41, 5.74) is 0.984. The minimum Gasteiger partial charge on any atom is -0.491 e. The van der Waals surface area contributed by atoms with E-state index in [-0.39, 0.29) is 0 Å². The van der Waals surface area contributed by atoms with Gasteiger partial charge in [0, 0.05) is 24.4 Å². The van der Waals surface area contributed by atoms with Crippen molar-refractivity contribution in [3.05, 3.63) is 23.0 Å². The first-order valence-electron chi connectivity index (χ1n) is 5.56. The minimum absolute atomic E-state index is 0.451. The van der Waals surface area contributed by atoms with Crippen molar-refractivity contribution in [1.82, 2.24) is 4.98 Å². The zero-order valence-corrected chi connectivity index (χ0v) is 10.6. The Hall–Kier alpha value is -0.800. The molecule has 0 unspecified atom stereocenters. The fourth-order valence-electron chi connectivity index (χ4n) is 1.20. The fraction of sp³-hybridized carbons (Fsp3) is 0.583. The van der Waals surface area contributed by atoms with Gasteiger partial charge >= 0.3 is 0 Å². The zero-order chi connectivity index (χ0) is 11.8. The predicted molar refractivity (Wildman–Crippen MR) is 65.2 cm³/mol. The molecule has 1 rings (SSSR count). The van der Waals surface area contributed by atoms with Gasteiger partial charge in [-0.15, -0.1) is 0 Å². The lowest BCUT2D eigenvalue weighted by atomic mass is 10.3. The Balaban J connectivity index is 2.23. The molecule has 0 amide bonds. The molecule has 0 atom stereocenters. The van der Waals surface area contributed by atoms with Crippen molar-refractivity contribution in [1.29, 1.82) is 0 Å². The van der Waals surface area contributed by atoms with Gasteiger partial charge in [0.15, 0.2) is 0 Å². The van der Waals surface area contributed by atoms with Gasteiger partial charge < -0.3 is 9.47 Å². The summed E-state index contributed by atoms with van der Waals surface area (Å²) >= 11 is 5.78. The van der Waals surface area contributed by atoms with Gasteiger partial charge in [0.25, 0.3) is 0 Å². The highest BCUT2D eigenvalue weighted by Gasteiger charge is 2.01. The van der Waals surface area contributed by atoms with Crippen LogP contribution in [0.5, 0.6) is 5.75 Å². The van der Waals surface area contributed by atoms with Crippen LogP contribution in [0.3, 0.4) is 0 Å². The van der Waals surface area contributed by atoms with Crippen LogP contribution in [0.15, 0.2) is 12.3 Å². The standard InChI is InChI=1S/C12H18ClNO2/c1-3-4-5-15-6-7-16-11-8-12(13)14-9-10(11)2/h8-9H,3-7H2,1-2H3. The van der Waals surface area contributed by atoms with Crippen molar-refractivity contribution in [2.75, 3.05) is 19.8 Å². The van der Waals surface area contributed by atoms with Crippen LogP contribution in [-0.2, 0) is 4.74 Å². The van der Waals surface area contributed by atoms with Crippen molar-refractivity contribution in [2.45, 2.75) is 26.7 Å². The summed E-state index contributed by atoms with van der Waals surface area (Å²) in [5.74, 6) is 0.777. The molecule has 0 aliphatic heterocycles. The van der Waals surface area contributed by atoms with Gasteiger partial charge in [-0.3, -0.25) is 0 Å². The van der Waals surface area contributed by atoms with Gasteiger partial charge in [-0.05, 0) is 13.3 Å². The second-order valence-corrected chi connectivity index (χ2v) is 3.97. The quantitative estimate of drug-likeness (QED) is 0.544. The predicted octanol–water partition coefficient (Wildman–Crippen LogP) is 3.24. The molecule has 1 aromatic heterocycles. The molecular weight excluding hydrogens is 226 g/mol. The number of aryl methyl sites for hydroxylation is 1. The van der Waals surface area contributed by atoms with Crippen LogP contribution in [0.25, 0.3) is 0 Å². The van der Waals surface area contributed by atoms with E-state index in [9.17, 15) is 0 Å². The highest BCUT2D eigenvalue weighted by Crippen LogP contribution is 2.19. The molecule has 3 nitrogen and oxygen atoms in total. The number of hydrogen-bond donors (Lipinski definition) is 0.